The second-order valence-electron chi connectivity index (χ2n) is 4.86. The zero-order valence-electron chi connectivity index (χ0n) is 10.1. The van der Waals surface area contributed by atoms with Crippen molar-refractivity contribution in [2.24, 2.45) is 5.41 Å². The smallest absolute Gasteiger partial charge is 0.225 e. The van der Waals surface area contributed by atoms with Gasteiger partial charge in [-0.25, -0.2) is 0 Å². The first-order valence-electron chi connectivity index (χ1n) is 5.41. The van der Waals surface area contributed by atoms with Gasteiger partial charge in [0.2, 0.25) is 5.91 Å². The summed E-state index contributed by atoms with van der Waals surface area (Å²) in [7, 11) is 0. The number of hydrogen-bond donors (Lipinski definition) is 2. The van der Waals surface area contributed by atoms with E-state index in [0.29, 0.717) is 6.54 Å². The fourth-order valence-electron chi connectivity index (χ4n) is 1.32. The Labute approximate surface area is 96.5 Å². The number of rotatable bonds is 3. The lowest BCUT2D eigenvalue weighted by molar-refractivity contribution is -0.128. The van der Waals surface area contributed by atoms with Gasteiger partial charge in [-0.2, -0.15) is 0 Å². The molecule has 0 saturated heterocycles. The Morgan fingerprint density at radius 1 is 1.25 bits per heavy atom. The first kappa shape index (κ1) is 12.7. The third-order valence-electron chi connectivity index (χ3n) is 2.41. The van der Waals surface area contributed by atoms with E-state index in [1.807, 2.05) is 45.0 Å². The molecule has 0 atom stereocenters. The van der Waals surface area contributed by atoms with Crippen LogP contribution in [-0.4, -0.2) is 11.0 Å². The topological polar surface area (TPSA) is 49.3 Å². The summed E-state index contributed by atoms with van der Waals surface area (Å²) >= 11 is 0. The number of nitrogens with one attached hydrogen (secondary N) is 1. The lowest BCUT2D eigenvalue weighted by Gasteiger charge is -2.18. The molecule has 1 aromatic carbocycles. The second-order valence-corrected chi connectivity index (χ2v) is 4.86. The molecule has 0 saturated carbocycles. The summed E-state index contributed by atoms with van der Waals surface area (Å²) in [6.45, 7) is 6.09. The van der Waals surface area contributed by atoms with Gasteiger partial charge >= 0.3 is 0 Å². The van der Waals surface area contributed by atoms with Gasteiger partial charge in [-0.1, -0.05) is 45.0 Å². The van der Waals surface area contributed by atoms with Gasteiger partial charge in [-0.15, -0.1) is 0 Å². The molecule has 88 valence electrons. The Bertz CT molecular complexity index is 366. The van der Waals surface area contributed by atoms with E-state index in [-0.39, 0.29) is 17.9 Å². The van der Waals surface area contributed by atoms with Crippen LogP contribution < -0.4 is 5.32 Å². The van der Waals surface area contributed by atoms with Gasteiger partial charge in [-0.05, 0) is 11.1 Å². The predicted octanol–water partition coefficient (Wildman–Crippen LogP) is 1.84. The molecule has 1 amide bonds. The van der Waals surface area contributed by atoms with Gasteiger partial charge in [0.15, 0.2) is 0 Å². The number of amides is 1. The van der Waals surface area contributed by atoms with Gasteiger partial charge in [-0.3, -0.25) is 4.79 Å². The normalized spacial score (nSPS) is 11.2. The number of carbonyl (C=O) groups excluding carboxylic acids is 1. The van der Waals surface area contributed by atoms with E-state index in [0.717, 1.165) is 11.1 Å². The van der Waals surface area contributed by atoms with Crippen molar-refractivity contribution in [3.05, 3.63) is 35.4 Å². The Balaban J connectivity index is 2.65. The van der Waals surface area contributed by atoms with Crippen molar-refractivity contribution < 1.29 is 9.90 Å². The molecule has 3 nitrogen and oxygen atoms in total. The van der Waals surface area contributed by atoms with Crippen molar-refractivity contribution >= 4 is 5.91 Å². The molecule has 0 aliphatic heterocycles. The maximum absolute atomic E-state index is 11.7. The Kier molecular flexibility index (Phi) is 4.07. The molecule has 16 heavy (non-hydrogen) atoms. The highest BCUT2D eigenvalue weighted by molar-refractivity contribution is 5.81. The third-order valence-corrected chi connectivity index (χ3v) is 2.41. The largest absolute Gasteiger partial charge is 0.392 e. The minimum Gasteiger partial charge on any atom is -0.392 e. The predicted molar refractivity (Wildman–Crippen MR) is 63.7 cm³/mol. The molecule has 0 unspecified atom stereocenters. The molecular weight excluding hydrogens is 202 g/mol. The highest BCUT2D eigenvalue weighted by atomic mass is 16.3. The van der Waals surface area contributed by atoms with Crippen molar-refractivity contribution in [3.63, 3.8) is 0 Å². The maximum Gasteiger partial charge on any atom is 0.225 e. The summed E-state index contributed by atoms with van der Waals surface area (Å²) in [5.74, 6) is 0.0141. The van der Waals surface area contributed by atoms with Crippen molar-refractivity contribution in [2.45, 2.75) is 33.9 Å². The first-order chi connectivity index (χ1) is 7.45. The summed E-state index contributed by atoms with van der Waals surface area (Å²) in [4.78, 5) is 11.7. The van der Waals surface area contributed by atoms with Crippen molar-refractivity contribution in [3.8, 4) is 0 Å². The summed E-state index contributed by atoms with van der Waals surface area (Å²) in [5.41, 5.74) is 1.44. The van der Waals surface area contributed by atoms with Crippen LogP contribution in [0.1, 0.15) is 31.9 Å². The molecule has 0 bridgehead atoms. The minimum atomic E-state index is -0.381. The quantitative estimate of drug-likeness (QED) is 0.818. The number of aliphatic hydroxyl groups excluding tert-OH is 1. The molecule has 0 radical (unpaired) electrons. The van der Waals surface area contributed by atoms with Crippen LogP contribution in [0.4, 0.5) is 0 Å². The molecule has 1 rings (SSSR count). The van der Waals surface area contributed by atoms with Crippen LogP contribution >= 0.6 is 0 Å². The average Bonchev–Trinajstić information content (AvgIpc) is 2.24. The standard InChI is InChI=1S/C13H19NO2/c1-13(2,3)12(16)14-8-10-6-4-5-7-11(10)9-15/h4-7,15H,8-9H2,1-3H3,(H,14,16). The molecule has 2 N–H and O–H groups in total. The average molecular weight is 221 g/mol. The van der Waals surface area contributed by atoms with Crippen LogP contribution in [0.3, 0.4) is 0 Å². The first-order valence-corrected chi connectivity index (χ1v) is 5.41. The molecule has 0 aliphatic carbocycles. The van der Waals surface area contributed by atoms with E-state index in [2.05, 4.69) is 5.32 Å². The Morgan fingerprint density at radius 3 is 2.31 bits per heavy atom. The van der Waals surface area contributed by atoms with Gasteiger partial charge < -0.3 is 10.4 Å². The van der Waals surface area contributed by atoms with Gasteiger partial charge in [0.25, 0.3) is 0 Å². The van der Waals surface area contributed by atoms with E-state index < -0.39 is 0 Å². The Morgan fingerprint density at radius 2 is 1.81 bits per heavy atom. The number of carbonyl (C=O) groups is 1. The summed E-state index contributed by atoms with van der Waals surface area (Å²) < 4.78 is 0. The lowest BCUT2D eigenvalue weighted by Crippen LogP contribution is -2.34. The molecule has 0 fully saturated rings. The molecular formula is C13H19NO2. The van der Waals surface area contributed by atoms with Gasteiger partial charge in [0.05, 0.1) is 6.61 Å². The van der Waals surface area contributed by atoms with E-state index in [9.17, 15) is 4.79 Å². The molecule has 0 aromatic heterocycles. The van der Waals surface area contributed by atoms with Crippen LogP contribution in [0.25, 0.3) is 0 Å². The van der Waals surface area contributed by atoms with Crippen molar-refractivity contribution in [1.29, 1.82) is 0 Å². The zero-order valence-corrected chi connectivity index (χ0v) is 10.1. The minimum absolute atomic E-state index is 0.00155. The summed E-state index contributed by atoms with van der Waals surface area (Å²) in [5, 5.41) is 12.0. The van der Waals surface area contributed by atoms with Crippen LogP contribution in [0, 0.1) is 5.41 Å². The van der Waals surface area contributed by atoms with Crippen LogP contribution in [0.15, 0.2) is 24.3 Å². The van der Waals surface area contributed by atoms with Crippen molar-refractivity contribution in [1.82, 2.24) is 5.32 Å². The van der Waals surface area contributed by atoms with E-state index >= 15 is 0 Å². The molecule has 0 spiro atoms. The van der Waals surface area contributed by atoms with Crippen LogP contribution in [0.2, 0.25) is 0 Å². The Hall–Kier alpha value is -1.35. The zero-order chi connectivity index (χ0) is 12.2. The SMILES string of the molecule is CC(C)(C)C(=O)NCc1ccccc1CO. The molecule has 1 aromatic rings. The lowest BCUT2D eigenvalue weighted by atomic mass is 9.95. The number of benzene rings is 1. The number of hydrogen-bond acceptors (Lipinski definition) is 2. The van der Waals surface area contributed by atoms with Crippen molar-refractivity contribution in [2.75, 3.05) is 0 Å². The van der Waals surface area contributed by atoms with E-state index in [4.69, 9.17) is 5.11 Å². The highest BCUT2D eigenvalue weighted by Gasteiger charge is 2.20. The summed E-state index contributed by atoms with van der Waals surface area (Å²) in [6.07, 6.45) is 0. The third kappa shape index (κ3) is 3.35. The fourth-order valence-corrected chi connectivity index (χ4v) is 1.32. The summed E-state index contributed by atoms with van der Waals surface area (Å²) in [6, 6.07) is 7.55. The molecule has 0 aliphatic rings. The second kappa shape index (κ2) is 5.12. The van der Waals surface area contributed by atoms with Gasteiger partial charge in [0.1, 0.15) is 0 Å². The fraction of sp³-hybridized carbons (Fsp3) is 0.462. The maximum atomic E-state index is 11.7. The highest BCUT2D eigenvalue weighted by Crippen LogP contribution is 2.14. The monoisotopic (exact) mass is 221 g/mol. The molecule has 0 heterocycles. The van der Waals surface area contributed by atoms with Crippen LogP contribution in [-0.2, 0) is 17.9 Å². The van der Waals surface area contributed by atoms with E-state index in [1.165, 1.54) is 0 Å². The van der Waals surface area contributed by atoms with E-state index in [1.54, 1.807) is 0 Å². The van der Waals surface area contributed by atoms with Crippen LogP contribution in [0.5, 0.6) is 0 Å². The van der Waals surface area contributed by atoms with Gasteiger partial charge in [0, 0.05) is 12.0 Å². The number of aliphatic hydroxyl groups is 1. The molecule has 3 heteroatoms.